The summed E-state index contributed by atoms with van der Waals surface area (Å²) in [6.07, 6.45) is 0.885. The molecule has 1 heterocycles. The number of halogens is 2. The molecule has 0 spiro atoms. The summed E-state index contributed by atoms with van der Waals surface area (Å²) in [6.45, 7) is 2.06. The first kappa shape index (κ1) is 13.5. The molecule has 4 heteroatoms. The van der Waals surface area contributed by atoms with Crippen molar-refractivity contribution in [3.05, 3.63) is 52.4 Å². The van der Waals surface area contributed by atoms with Crippen molar-refractivity contribution >= 4 is 27.5 Å². The van der Waals surface area contributed by atoms with Gasteiger partial charge in [0.2, 0.25) is 0 Å². The lowest BCUT2D eigenvalue weighted by atomic mass is 10.1. The second-order valence-corrected chi connectivity index (χ2v) is 5.23. The third-order valence-electron chi connectivity index (χ3n) is 2.76. The first-order valence-electron chi connectivity index (χ1n) is 5.71. The minimum atomic E-state index is -0.0452. The lowest BCUT2D eigenvalue weighted by molar-refractivity contribution is 0.414. The number of methoxy groups -OCH3 is 1. The van der Waals surface area contributed by atoms with E-state index in [1.54, 1.807) is 13.2 Å². The maximum atomic E-state index is 6.24. The molecule has 18 heavy (non-hydrogen) atoms. The van der Waals surface area contributed by atoms with Gasteiger partial charge < -0.3 is 9.15 Å². The van der Waals surface area contributed by atoms with Gasteiger partial charge >= 0.3 is 0 Å². The SMILES string of the molecule is CCc1ccc(C(Br)c2ccc(OC)cc2Cl)o1. The minimum Gasteiger partial charge on any atom is -0.497 e. The van der Waals surface area contributed by atoms with Crippen LogP contribution in [0.4, 0.5) is 0 Å². The van der Waals surface area contributed by atoms with Gasteiger partial charge in [-0.1, -0.05) is 40.5 Å². The van der Waals surface area contributed by atoms with Gasteiger partial charge in [-0.15, -0.1) is 0 Å². The molecule has 0 saturated heterocycles. The highest BCUT2D eigenvalue weighted by Crippen LogP contribution is 2.37. The molecule has 0 saturated carbocycles. The highest BCUT2D eigenvalue weighted by molar-refractivity contribution is 9.09. The zero-order valence-electron chi connectivity index (χ0n) is 10.2. The van der Waals surface area contributed by atoms with Crippen LogP contribution in [0.25, 0.3) is 0 Å². The van der Waals surface area contributed by atoms with E-state index in [1.807, 2.05) is 24.3 Å². The van der Waals surface area contributed by atoms with Crippen molar-refractivity contribution in [2.45, 2.75) is 18.2 Å². The smallest absolute Gasteiger partial charge is 0.122 e. The summed E-state index contributed by atoms with van der Waals surface area (Å²) < 4.78 is 10.9. The van der Waals surface area contributed by atoms with Crippen molar-refractivity contribution in [2.24, 2.45) is 0 Å². The summed E-state index contributed by atoms with van der Waals surface area (Å²) in [5.41, 5.74) is 0.967. The van der Waals surface area contributed by atoms with E-state index in [-0.39, 0.29) is 4.83 Å². The fraction of sp³-hybridized carbons (Fsp3) is 0.286. The fourth-order valence-corrected chi connectivity index (χ4v) is 2.77. The second-order valence-electron chi connectivity index (χ2n) is 3.91. The predicted molar refractivity (Wildman–Crippen MR) is 76.9 cm³/mol. The van der Waals surface area contributed by atoms with Crippen LogP contribution in [-0.4, -0.2) is 7.11 Å². The van der Waals surface area contributed by atoms with Gasteiger partial charge in [0.1, 0.15) is 17.3 Å². The number of benzene rings is 1. The number of rotatable bonds is 4. The van der Waals surface area contributed by atoms with Crippen LogP contribution in [0.1, 0.15) is 28.8 Å². The van der Waals surface area contributed by atoms with Crippen molar-refractivity contribution in [3.8, 4) is 5.75 Å². The van der Waals surface area contributed by atoms with E-state index in [2.05, 4.69) is 22.9 Å². The van der Waals surface area contributed by atoms with Gasteiger partial charge in [0.25, 0.3) is 0 Å². The van der Waals surface area contributed by atoms with E-state index < -0.39 is 0 Å². The Balaban J connectivity index is 2.30. The Morgan fingerprint density at radius 1 is 1.33 bits per heavy atom. The minimum absolute atomic E-state index is 0.0452. The Labute approximate surface area is 120 Å². The van der Waals surface area contributed by atoms with E-state index in [0.29, 0.717) is 5.02 Å². The molecule has 1 aromatic carbocycles. The molecule has 0 aliphatic heterocycles. The van der Waals surface area contributed by atoms with Crippen LogP contribution in [0.5, 0.6) is 5.75 Å². The van der Waals surface area contributed by atoms with Gasteiger partial charge in [0.05, 0.1) is 11.9 Å². The molecular formula is C14H14BrClO2. The molecule has 0 amide bonds. The highest BCUT2D eigenvalue weighted by atomic mass is 79.9. The highest BCUT2D eigenvalue weighted by Gasteiger charge is 2.17. The van der Waals surface area contributed by atoms with Crippen LogP contribution in [0, 0.1) is 0 Å². The molecule has 0 aliphatic carbocycles. The summed E-state index contributed by atoms with van der Waals surface area (Å²) in [7, 11) is 1.62. The summed E-state index contributed by atoms with van der Waals surface area (Å²) >= 11 is 9.86. The van der Waals surface area contributed by atoms with Crippen LogP contribution in [0.2, 0.25) is 5.02 Å². The number of ether oxygens (including phenoxy) is 1. The van der Waals surface area contributed by atoms with Crippen LogP contribution in [-0.2, 0) is 6.42 Å². The Hall–Kier alpha value is -0.930. The Morgan fingerprint density at radius 3 is 2.67 bits per heavy atom. The van der Waals surface area contributed by atoms with Gasteiger partial charge in [-0.3, -0.25) is 0 Å². The van der Waals surface area contributed by atoms with E-state index in [4.69, 9.17) is 20.8 Å². The number of hydrogen-bond donors (Lipinski definition) is 0. The van der Waals surface area contributed by atoms with Gasteiger partial charge in [-0.05, 0) is 29.8 Å². The number of aryl methyl sites for hydroxylation is 1. The van der Waals surface area contributed by atoms with Crippen molar-refractivity contribution in [1.29, 1.82) is 0 Å². The van der Waals surface area contributed by atoms with Gasteiger partial charge in [-0.2, -0.15) is 0 Å². The molecule has 2 rings (SSSR count). The van der Waals surface area contributed by atoms with Crippen molar-refractivity contribution in [1.82, 2.24) is 0 Å². The molecule has 1 atom stereocenters. The Morgan fingerprint density at radius 2 is 2.11 bits per heavy atom. The maximum Gasteiger partial charge on any atom is 0.122 e. The lowest BCUT2D eigenvalue weighted by Crippen LogP contribution is -1.93. The molecule has 0 N–H and O–H groups in total. The average molecular weight is 330 g/mol. The standard InChI is InChI=1S/C14H14BrClO2/c1-3-9-5-7-13(18-9)14(15)11-6-4-10(17-2)8-12(11)16/h4-8,14H,3H2,1-2H3. The van der Waals surface area contributed by atoms with E-state index in [1.165, 1.54) is 0 Å². The first-order valence-corrected chi connectivity index (χ1v) is 7.01. The van der Waals surface area contributed by atoms with Crippen molar-refractivity contribution < 1.29 is 9.15 Å². The molecule has 0 radical (unpaired) electrons. The molecule has 0 aliphatic rings. The van der Waals surface area contributed by atoms with E-state index >= 15 is 0 Å². The van der Waals surface area contributed by atoms with Gasteiger partial charge in [-0.25, -0.2) is 0 Å². The van der Waals surface area contributed by atoms with Gasteiger partial charge in [0.15, 0.2) is 0 Å². The molecule has 2 nitrogen and oxygen atoms in total. The number of furan rings is 1. The fourth-order valence-electron chi connectivity index (χ4n) is 1.71. The maximum absolute atomic E-state index is 6.24. The topological polar surface area (TPSA) is 22.4 Å². The average Bonchev–Trinajstić information content (AvgIpc) is 2.86. The third kappa shape index (κ3) is 2.73. The van der Waals surface area contributed by atoms with Crippen LogP contribution in [0.15, 0.2) is 34.7 Å². The molecule has 1 aromatic heterocycles. The molecule has 0 fully saturated rings. The van der Waals surface area contributed by atoms with Crippen LogP contribution in [0.3, 0.4) is 0 Å². The van der Waals surface area contributed by atoms with Crippen molar-refractivity contribution in [2.75, 3.05) is 7.11 Å². The van der Waals surface area contributed by atoms with Crippen LogP contribution < -0.4 is 4.74 Å². The predicted octanol–water partition coefficient (Wildman–Crippen LogP) is 4.99. The monoisotopic (exact) mass is 328 g/mol. The molecule has 2 aromatic rings. The Kier molecular flexibility index (Phi) is 4.36. The second kappa shape index (κ2) is 5.81. The summed E-state index contributed by atoms with van der Waals surface area (Å²) in [5.74, 6) is 2.58. The molecule has 1 unspecified atom stereocenters. The van der Waals surface area contributed by atoms with Gasteiger partial charge in [0, 0.05) is 11.4 Å². The van der Waals surface area contributed by atoms with E-state index in [9.17, 15) is 0 Å². The van der Waals surface area contributed by atoms with E-state index in [0.717, 1.165) is 29.3 Å². The first-order chi connectivity index (χ1) is 8.65. The summed E-state index contributed by atoms with van der Waals surface area (Å²) in [5, 5.41) is 0.658. The number of hydrogen-bond acceptors (Lipinski definition) is 2. The largest absolute Gasteiger partial charge is 0.497 e. The lowest BCUT2D eigenvalue weighted by Gasteiger charge is -2.11. The number of alkyl halides is 1. The Bertz CT molecular complexity index is 536. The summed E-state index contributed by atoms with van der Waals surface area (Å²) in [6, 6.07) is 9.59. The molecule has 0 bridgehead atoms. The zero-order chi connectivity index (χ0) is 13.1. The van der Waals surface area contributed by atoms with Crippen molar-refractivity contribution in [3.63, 3.8) is 0 Å². The molecule has 96 valence electrons. The zero-order valence-corrected chi connectivity index (χ0v) is 12.6. The molecular weight excluding hydrogens is 316 g/mol. The third-order valence-corrected chi connectivity index (χ3v) is 4.03. The quantitative estimate of drug-likeness (QED) is 0.737. The normalized spacial score (nSPS) is 12.4. The van der Waals surface area contributed by atoms with Crippen LogP contribution >= 0.6 is 27.5 Å². The summed E-state index contributed by atoms with van der Waals surface area (Å²) in [4.78, 5) is -0.0452.